The van der Waals surface area contributed by atoms with Crippen LogP contribution >= 0.6 is 11.6 Å². The smallest absolute Gasteiger partial charge is 0.272 e. The van der Waals surface area contributed by atoms with Gasteiger partial charge in [0.25, 0.3) is 5.91 Å². The van der Waals surface area contributed by atoms with E-state index in [1.807, 2.05) is 20.8 Å². The van der Waals surface area contributed by atoms with Gasteiger partial charge < -0.3 is 0 Å². The Labute approximate surface area is 149 Å². The summed E-state index contributed by atoms with van der Waals surface area (Å²) < 4.78 is 0. The SMILES string of the molecule is CC(C)(C)N(NC(=O)C1CCCCCC1)C(=O)c1ccc(Cl)cc1. The second-order valence-electron chi connectivity index (χ2n) is 7.48. The van der Waals surface area contributed by atoms with Gasteiger partial charge in [-0.3, -0.25) is 15.0 Å². The molecule has 1 saturated carbocycles. The molecule has 2 rings (SSSR count). The lowest BCUT2D eigenvalue weighted by Crippen LogP contribution is -2.57. The highest BCUT2D eigenvalue weighted by Gasteiger charge is 2.31. The van der Waals surface area contributed by atoms with Crippen LogP contribution in [0, 0.1) is 5.92 Å². The van der Waals surface area contributed by atoms with Crippen molar-refractivity contribution in [3.8, 4) is 0 Å². The summed E-state index contributed by atoms with van der Waals surface area (Å²) in [7, 11) is 0. The summed E-state index contributed by atoms with van der Waals surface area (Å²) in [6.45, 7) is 5.73. The molecular weight excluding hydrogens is 324 g/mol. The van der Waals surface area contributed by atoms with Crippen LogP contribution in [0.5, 0.6) is 0 Å². The van der Waals surface area contributed by atoms with Gasteiger partial charge in [0.15, 0.2) is 0 Å². The van der Waals surface area contributed by atoms with Crippen LogP contribution in [-0.4, -0.2) is 22.4 Å². The van der Waals surface area contributed by atoms with E-state index in [-0.39, 0.29) is 17.7 Å². The van der Waals surface area contributed by atoms with Gasteiger partial charge in [0.05, 0.1) is 5.54 Å². The molecule has 132 valence electrons. The summed E-state index contributed by atoms with van der Waals surface area (Å²) in [6, 6.07) is 6.73. The molecule has 0 bridgehead atoms. The van der Waals surface area contributed by atoms with Crippen molar-refractivity contribution < 1.29 is 9.59 Å². The summed E-state index contributed by atoms with van der Waals surface area (Å²) in [6.07, 6.45) is 6.35. The first kappa shape index (κ1) is 18.8. The summed E-state index contributed by atoms with van der Waals surface area (Å²) in [5.74, 6) is -0.273. The average molecular weight is 351 g/mol. The average Bonchev–Trinajstić information content (AvgIpc) is 2.80. The van der Waals surface area contributed by atoms with Crippen LogP contribution in [0.2, 0.25) is 5.02 Å². The van der Waals surface area contributed by atoms with Crippen LogP contribution in [0.4, 0.5) is 0 Å². The molecule has 1 fully saturated rings. The van der Waals surface area contributed by atoms with Crippen LogP contribution in [0.1, 0.15) is 69.7 Å². The van der Waals surface area contributed by atoms with E-state index in [0.717, 1.165) is 25.7 Å². The molecule has 2 amide bonds. The van der Waals surface area contributed by atoms with E-state index in [1.54, 1.807) is 24.3 Å². The minimum Gasteiger partial charge on any atom is -0.273 e. The Bertz CT molecular complexity index is 570. The lowest BCUT2D eigenvalue weighted by Gasteiger charge is -2.36. The maximum atomic E-state index is 12.9. The monoisotopic (exact) mass is 350 g/mol. The molecule has 24 heavy (non-hydrogen) atoms. The topological polar surface area (TPSA) is 49.4 Å². The molecule has 0 radical (unpaired) electrons. The molecule has 1 aliphatic rings. The lowest BCUT2D eigenvalue weighted by molar-refractivity contribution is -0.131. The van der Waals surface area contributed by atoms with Crippen molar-refractivity contribution >= 4 is 23.4 Å². The number of carbonyl (C=O) groups excluding carboxylic acids is 2. The quantitative estimate of drug-likeness (QED) is 0.626. The van der Waals surface area contributed by atoms with Crippen molar-refractivity contribution in [1.82, 2.24) is 10.4 Å². The van der Waals surface area contributed by atoms with E-state index in [2.05, 4.69) is 5.43 Å². The number of halogens is 1. The Balaban J connectivity index is 2.14. The molecule has 0 unspecified atom stereocenters. The van der Waals surface area contributed by atoms with Gasteiger partial charge in [0, 0.05) is 16.5 Å². The zero-order valence-corrected chi connectivity index (χ0v) is 15.5. The second kappa shape index (κ2) is 8.02. The number of benzene rings is 1. The number of hydrazine groups is 1. The van der Waals surface area contributed by atoms with Crippen molar-refractivity contribution in [1.29, 1.82) is 0 Å². The van der Waals surface area contributed by atoms with Gasteiger partial charge in [-0.2, -0.15) is 0 Å². The van der Waals surface area contributed by atoms with Crippen molar-refractivity contribution in [2.24, 2.45) is 5.92 Å². The Kier molecular flexibility index (Phi) is 6.27. The van der Waals surface area contributed by atoms with Crippen LogP contribution in [0.3, 0.4) is 0 Å². The minimum atomic E-state index is -0.517. The van der Waals surface area contributed by atoms with Gasteiger partial charge in [0.1, 0.15) is 0 Å². The number of carbonyl (C=O) groups is 2. The van der Waals surface area contributed by atoms with Crippen molar-refractivity contribution in [3.63, 3.8) is 0 Å². The number of rotatable bonds is 2. The normalized spacial score (nSPS) is 16.3. The zero-order chi connectivity index (χ0) is 17.7. The molecule has 0 aliphatic heterocycles. The second-order valence-corrected chi connectivity index (χ2v) is 7.92. The highest BCUT2D eigenvalue weighted by atomic mass is 35.5. The number of hydrogen-bond donors (Lipinski definition) is 1. The van der Waals surface area contributed by atoms with E-state index in [0.29, 0.717) is 10.6 Å². The molecule has 4 nitrogen and oxygen atoms in total. The molecular formula is C19H27ClN2O2. The van der Waals surface area contributed by atoms with E-state index in [9.17, 15) is 9.59 Å². The minimum absolute atomic E-state index is 0.00429. The predicted molar refractivity (Wildman–Crippen MR) is 96.7 cm³/mol. The van der Waals surface area contributed by atoms with Gasteiger partial charge in [-0.25, -0.2) is 5.01 Å². The van der Waals surface area contributed by atoms with Crippen LogP contribution in [0.25, 0.3) is 0 Å². The van der Waals surface area contributed by atoms with Crippen molar-refractivity contribution in [3.05, 3.63) is 34.9 Å². The maximum Gasteiger partial charge on any atom is 0.272 e. The summed E-state index contributed by atoms with van der Waals surface area (Å²) in [5.41, 5.74) is 2.87. The number of nitrogens with one attached hydrogen (secondary N) is 1. The predicted octanol–water partition coefficient (Wildman–Crippen LogP) is 4.58. The number of nitrogens with zero attached hydrogens (tertiary/aromatic N) is 1. The van der Waals surface area contributed by atoms with E-state index >= 15 is 0 Å². The fourth-order valence-electron chi connectivity index (χ4n) is 2.99. The highest BCUT2D eigenvalue weighted by molar-refractivity contribution is 6.30. The van der Waals surface area contributed by atoms with E-state index in [1.165, 1.54) is 17.9 Å². The third kappa shape index (κ3) is 4.97. The molecule has 0 heterocycles. The van der Waals surface area contributed by atoms with Crippen LogP contribution in [0.15, 0.2) is 24.3 Å². The number of hydrogen-bond acceptors (Lipinski definition) is 2. The van der Waals surface area contributed by atoms with Crippen LogP contribution in [-0.2, 0) is 4.79 Å². The third-order valence-electron chi connectivity index (χ3n) is 4.41. The van der Waals surface area contributed by atoms with E-state index < -0.39 is 5.54 Å². The Morgan fingerprint density at radius 2 is 1.58 bits per heavy atom. The van der Waals surface area contributed by atoms with Crippen LogP contribution < -0.4 is 5.43 Å². The molecule has 0 atom stereocenters. The van der Waals surface area contributed by atoms with Crippen molar-refractivity contribution in [2.45, 2.75) is 64.8 Å². The van der Waals surface area contributed by atoms with Gasteiger partial charge in [0.2, 0.25) is 5.91 Å². The maximum absolute atomic E-state index is 12.9. The molecule has 1 aromatic rings. The first-order chi connectivity index (χ1) is 11.3. The van der Waals surface area contributed by atoms with Gasteiger partial charge >= 0.3 is 0 Å². The summed E-state index contributed by atoms with van der Waals surface area (Å²) in [4.78, 5) is 25.5. The fourth-order valence-corrected chi connectivity index (χ4v) is 3.11. The van der Waals surface area contributed by atoms with Gasteiger partial charge in [-0.15, -0.1) is 0 Å². The lowest BCUT2D eigenvalue weighted by atomic mass is 9.99. The molecule has 0 spiro atoms. The van der Waals surface area contributed by atoms with Crippen molar-refractivity contribution in [2.75, 3.05) is 0 Å². The first-order valence-electron chi connectivity index (χ1n) is 8.69. The third-order valence-corrected chi connectivity index (χ3v) is 4.67. The molecule has 0 saturated heterocycles. The van der Waals surface area contributed by atoms with E-state index in [4.69, 9.17) is 11.6 Å². The zero-order valence-electron chi connectivity index (χ0n) is 14.8. The molecule has 1 aliphatic carbocycles. The molecule has 1 N–H and O–H groups in total. The fraction of sp³-hybridized carbons (Fsp3) is 0.579. The molecule has 0 aromatic heterocycles. The highest BCUT2D eigenvalue weighted by Crippen LogP contribution is 2.24. The Morgan fingerprint density at radius 3 is 2.08 bits per heavy atom. The van der Waals surface area contributed by atoms with Gasteiger partial charge in [-0.1, -0.05) is 37.3 Å². The molecule has 5 heteroatoms. The standard InChI is InChI=1S/C19H27ClN2O2/c1-19(2,3)22(18(24)15-10-12-16(20)13-11-15)21-17(23)14-8-6-4-5-7-9-14/h10-14H,4-9H2,1-3H3,(H,21,23). The summed E-state index contributed by atoms with van der Waals surface area (Å²) >= 11 is 5.89. The van der Waals surface area contributed by atoms with Gasteiger partial charge in [-0.05, 0) is 57.9 Å². The number of amides is 2. The largest absolute Gasteiger partial charge is 0.273 e. The Hall–Kier alpha value is -1.55. The summed E-state index contributed by atoms with van der Waals surface area (Å²) in [5, 5.41) is 2.03. The first-order valence-corrected chi connectivity index (χ1v) is 9.07. The Morgan fingerprint density at radius 1 is 1.04 bits per heavy atom. The molecule has 1 aromatic carbocycles.